The first-order valence-corrected chi connectivity index (χ1v) is 5.78. The monoisotopic (exact) mass is 256 g/mol. The molecule has 1 amide bonds. The van der Waals surface area contributed by atoms with Crippen LogP contribution >= 0.6 is 11.6 Å². The van der Waals surface area contributed by atoms with Crippen LogP contribution in [-0.4, -0.2) is 33.2 Å². The largest absolute Gasteiger partial charge is 0.465 e. The van der Waals surface area contributed by atoms with Gasteiger partial charge in [-0.1, -0.05) is 11.6 Å². The van der Waals surface area contributed by atoms with Crippen LogP contribution in [0.2, 0.25) is 5.02 Å². The summed E-state index contributed by atoms with van der Waals surface area (Å²) in [5, 5.41) is 9.70. The first-order chi connectivity index (χ1) is 7.80. The van der Waals surface area contributed by atoms with Crippen LogP contribution < -0.4 is 0 Å². The van der Waals surface area contributed by atoms with Crippen LogP contribution in [0.4, 0.5) is 4.79 Å². The molecule has 0 fully saturated rings. The second-order valence-corrected chi connectivity index (χ2v) is 5.30. The van der Waals surface area contributed by atoms with E-state index in [1.807, 2.05) is 20.8 Å². The van der Waals surface area contributed by atoms with Crippen LogP contribution in [0.15, 0.2) is 18.5 Å². The van der Waals surface area contributed by atoms with Gasteiger partial charge in [-0.2, -0.15) is 0 Å². The predicted octanol–water partition coefficient (Wildman–Crippen LogP) is 3.06. The van der Waals surface area contributed by atoms with Crippen LogP contribution in [0.3, 0.4) is 0 Å². The summed E-state index contributed by atoms with van der Waals surface area (Å²) in [4.78, 5) is 16.5. The Kier molecular flexibility index (Phi) is 4.34. The molecule has 0 aliphatic heterocycles. The highest BCUT2D eigenvalue weighted by molar-refractivity contribution is 6.30. The molecule has 0 aliphatic carbocycles. The Labute approximate surface area is 106 Å². The van der Waals surface area contributed by atoms with Crippen LogP contribution in [0.25, 0.3) is 0 Å². The summed E-state index contributed by atoms with van der Waals surface area (Å²) in [5.74, 6) is 0. The van der Waals surface area contributed by atoms with Crippen molar-refractivity contribution in [3.8, 4) is 0 Å². The molecule has 0 unspecified atom stereocenters. The third-order valence-electron chi connectivity index (χ3n) is 2.43. The van der Waals surface area contributed by atoms with Crippen molar-refractivity contribution in [1.29, 1.82) is 0 Å². The summed E-state index contributed by atoms with van der Waals surface area (Å²) in [6, 6.07) is 1.80. The van der Waals surface area contributed by atoms with E-state index < -0.39 is 11.6 Å². The number of carbonyl (C=O) groups is 1. The Morgan fingerprint density at radius 3 is 2.59 bits per heavy atom. The standard InChI is InChI=1S/C12H17ClN2O2/c1-12(2,3)15(11(16)17)5-4-9-6-10(13)8-14-7-9/h6-8H,4-5H2,1-3H3,(H,16,17). The van der Waals surface area contributed by atoms with Gasteiger partial charge in [0, 0.05) is 24.5 Å². The summed E-state index contributed by atoms with van der Waals surface area (Å²) in [5.41, 5.74) is 0.533. The van der Waals surface area contributed by atoms with Crippen molar-refractivity contribution in [1.82, 2.24) is 9.88 Å². The number of rotatable bonds is 3. The quantitative estimate of drug-likeness (QED) is 0.904. The zero-order valence-electron chi connectivity index (χ0n) is 10.3. The molecular weight excluding hydrogens is 240 g/mol. The molecule has 0 spiro atoms. The fourth-order valence-corrected chi connectivity index (χ4v) is 1.75. The van der Waals surface area contributed by atoms with Gasteiger partial charge in [-0.25, -0.2) is 4.79 Å². The molecule has 94 valence electrons. The highest BCUT2D eigenvalue weighted by Gasteiger charge is 2.25. The van der Waals surface area contributed by atoms with Crippen molar-refractivity contribution in [2.75, 3.05) is 6.54 Å². The van der Waals surface area contributed by atoms with Gasteiger partial charge in [0.15, 0.2) is 0 Å². The zero-order valence-corrected chi connectivity index (χ0v) is 11.0. The predicted molar refractivity (Wildman–Crippen MR) is 67.4 cm³/mol. The molecule has 4 nitrogen and oxygen atoms in total. The van der Waals surface area contributed by atoms with E-state index in [-0.39, 0.29) is 0 Å². The maximum Gasteiger partial charge on any atom is 0.407 e. The van der Waals surface area contributed by atoms with Crippen LogP contribution in [0, 0.1) is 0 Å². The minimum Gasteiger partial charge on any atom is -0.465 e. The van der Waals surface area contributed by atoms with Crippen molar-refractivity contribution < 1.29 is 9.90 Å². The number of nitrogens with zero attached hydrogens (tertiary/aromatic N) is 2. The SMILES string of the molecule is CC(C)(C)N(CCc1cncc(Cl)c1)C(=O)O. The minimum atomic E-state index is -0.910. The molecule has 1 aromatic heterocycles. The molecule has 0 aliphatic rings. The summed E-state index contributed by atoms with van der Waals surface area (Å²) in [6.07, 6.45) is 2.96. The van der Waals surface area contributed by atoms with Gasteiger partial charge in [0.05, 0.1) is 5.02 Å². The van der Waals surface area contributed by atoms with E-state index in [1.165, 1.54) is 4.90 Å². The fourth-order valence-electron chi connectivity index (χ4n) is 1.55. The van der Waals surface area contributed by atoms with E-state index in [2.05, 4.69) is 4.98 Å². The van der Waals surface area contributed by atoms with Crippen LogP contribution in [-0.2, 0) is 6.42 Å². The van der Waals surface area contributed by atoms with Gasteiger partial charge in [0.25, 0.3) is 0 Å². The Hall–Kier alpha value is -1.29. The summed E-state index contributed by atoms with van der Waals surface area (Å²) < 4.78 is 0. The first-order valence-electron chi connectivity index (χ1n) is 5.40. The van der Waals surface area contributed by atoms with E-state index in [0.717, 1.165) is 5.56 Å². The molecule has 0 bridgehead atoms. The summed E-state index contributed by atoms with van der Waals surface area (Å²) in [6.45, 7) is 6.05. The lowest BCUT2D eigenvalue weighted by atomic mass is 10.1. The van der Waals surface area contributed by atoms with Crippen LogP contribution in [0.1, 0.15) is 26.3 Å². The third kappa shape index (κ3) is 4.23. The van der Waals surface area contributed by atoms with E-state index in [1.54, 1.807) is 18.5 Å². The maximum absolute atomic E-state index is 11.1. The number of pyridine rings is 1. The molecule has 5 heteroatoms. The molecule has 0 atom stereocenters. The van der Waals surface area contributed by atoms with Gasteiger partial charge in [-0.3, -0.25) is 4.98 Å². The smallest absolute Gasteiger partial charge is 0.407 e. The van der Waals surface area contributed by atoms with Crippen molar-refractivity contribution in [2.45, 2.75) is 32.7 Å². The number of hydrogen-bond donors (Lipinski definition) is 1. The first kappa shape index (κ1) is 13.8. The van der Waals surface area contributed by atoms with Crippen molar-refractivity contribution in [2.24, 2.45) is 0 Å². The van der Waals surface area contributed by atoms with E-state index >= 15 is 0 Å². The zero-order chi connectivity index (χ0) is 13.1. The van der Waals surface area contributed by atoms with Gasteiger partial charge in [-0.15, -0.1) is 0 Å². The molecule has 0 radical (unpaired) electrons. The van der Waals surface area contributed by atoms with E-state index in [0.29, 0.717) is 18.0 Å². The van der Waals surface area contributed by atoms with E-state index in [4.69, 9.17) is 16.7 Å². The van der Waals surface area contributed by atoms with Gasteiger partial charge in [-0.05, 0) is 38.8 Å². The normalized spacial score (nSPS) is 11.3. The molecule has 0 saturated carbocycles. The molecular formula is C12H17ClN2O2. The lowest BCUT2D eigenvalue weighted by molar-refractivity contribution is 0.101. The van der Waals surface area contributed by atoms with Crippen LogP contribution in [0.5, 0.6) is 0 Å². The molecule has 17 heavy (non-hydrogen) atoms. The second-order valence-electron chi connectivity index (χ2n) is 4.87. The lowest BCUT2D eigenvalue weighted by Gasteiger charge is -2.33. The fraction of sp³-hybridized carbons (Fsp3) is 0.500. The van der Waals surface area contributed by atoms with Gasteiger partial charge < -0.3 is 10.0 Å². The summed E-state index contributed by atoms with van der Waals surface area (Å²) >= 11 is 5.82. The molecule has 1 heterocycles. The summed E-state index contributed by atoms with van der Waals surface area (Å²) in [7, 11) is 0. The topological polar surface area (TPSA) is 53.4 Å². The Morgan fingerprint density at radius 1 is 1.47 bits per heavy atom. The number of hydrogen-bond acceptors (Lipinski definition) is 2. The van der Waals surface area contributed by atoms with Crippen molar-refractivity contribution in [3.63, 3.8) is 0 Å². The average Bonchev–Trinajstić information content (AvgIpc) is 2.15. The highest BCUT2D eigenvalue weighted by atomic mass is 35.5. The Morgan fingerprint density at radius 2 is 2.12 bits per heavy atom. The number of carboxylic acid groups (broad SMARTS) is 1. The van der Waals surface area contributed by atoms with Gasteiger partial charge in [0.1, 0.15) is 0 Å². The molecule has 1 N–H and O–H groups in total. The maximum atomic E-state index is 11.1. The Bertz CT molecular complexity index is 402. The van der Waals surface area contributed by atoms with E-state index in [9.17, 15) is 4.79 Å². The third-order valence-corrected chi connectivity index (χ3v) is 2.63. The van der Waals surface area contributed by atoms with Crippen molar-refractivity contribution in [3.05, 3.63) is 29.0 Å². The molecule has 0 saturated heterocycles. The molecule has 1 aromatic rings. The minimum absolute atomic E-state index is 0.405. The Balaban J connectivity index is 2.68. The second kappa shape index (κ2) is 5.36. The molecule has 1 rings (SSSR count). The highest BCUT2D eigenvalue weighted by Crippen LogP contribution is 2.15. The number of aromatic nitrogens is 1. The van der Waals surface area contributed by atoms with Crippen molar-refractivity contribution >= 4 is 17.7 Å². The van der Waals surface area contributed by atoms with Gasteiger partial charge in [0.2, 0.25) is 0 Å². The average molecular weight is 257 g/mol. The number of halogens is 1. The molecule has 0 aromatic carbocycles. The number of amides is 1. The lowest BCUT2D eigenvalue weighted by Crippen LogP contribution is -2.45. The van der Waals surface area contributed by atoms with Gasteiger partial charge >= 0.3 is 6.09 Å².